The number of hydrogen-bond donors (Lipinski definition) is 0. The predicted molar refractivity (Wildman–Crippen MR) is 31.7 cm³/mol. The molecule has 58 valence electrons. The molecule has 0 aliphatic heterocycles. The molecule has 2 unspecified atom stereocenters. The van der Waals surface area contributed by atoms with Crippen LogP contribution < -0.4 is 51.4 Å². The molecule has 0 bridgehead atoms. The summed E-state index contributed by atoms with van der Waals surface area (Å²) in [6, 6.07) is 0. The molecule has 0 rings (SSSR count). The molecule has 0 radical (unpaired) electrons. The first kappa shape index (κ1) is 17.7. The van der Waals surface area contributed by atoms with Gasteiger partial charge in [0.2, 0.25) is 0 Å². The van der Waals surface area contributed by atoms with Gasteiger partial charge in [-0.15, -0.1) is 0 Å². The summed E-state index contributed by atoms with van der Waals surface area (Å²) in [5.41, 5.74) is 0. The van der Waals surface area contributed by atoms with Gasteiger partial charge in [-0.2, -0.15) is 0 Å². The van der Waals surface area contributed by atoms with Gasteiger partial charge in [-0.05, 0) is 13.3 Å². The number of rotatable bonds is 3. The molecule has 0 amide bonds. The van der Waals surface area contributed by atoms with Gasteiger partial charge in [0.05, 0.1) is 17.5 Å². The fourth-order valence-electron chi connectivity index (χ4n) is 0.202. The van der Waals surface area contributed by atoms with Crippen molar-refractivity contribution >= 4 is 11.4 Å². The second kappa shape index (κ2) is 10.7. The van der Waals surface area contributed by atoms with E-state index >= 15 is 0 Å². The van der Waals surface area contributed by atoms with Crippen molar-refractivity contribution in [3.63, 3.8) is 0 Å². The molecule has 1 N–H and O–H groups in total. The van der Waals surface area contributed by atoms with E-state index in [1.54, 1.807) is 6.92 Å². The summed E-state index contributed by atoms with van der Waals surface area (Å²) in [7, 11) is 0. The third-order valence-corrected chi connectivity index (χ3v) is 1.30. The monoisotopic (exact) mass is 193 g/mol. The van der Waals surface area contributed by atoms with Crippen LogP contribution >= 0.6 is 0 Å². The Morgan fingerprint density at radius 3 is 2.20 bits per heavy atom. The Labute approximate surface area is 106 Å². The van der Waals surface area contributed by atoms with Crippen LogP contribution in [0, 0.1) is 0 Å². The molecule has 0 aromatic heterocycles. The van der Waals surface area contributed by atoms with Gasteiger partial charge in [0.25, 0.3) is 0 Å². The summed E-state index contributed by atoms with van der Waals surface area (Å²) >= 11 is -2.35. The van der Waals surface area contributed by atoms with Crippen LogP contribution in [0.4, 0.5) is 0 Å². The average molecular weight is 193 g/mol. The van der Waals surface area contributed by atoms with E-state index in [1.165, 1.54) is 0 Å². The Bertz CT molecular complexity index is 89.3. The smallest absolute Gasteiger partial charge is 0.870 e. The van der Waals surface area contributed by atoms with E-state index in [0.717, 1.165) is 0 Å². The molecule has 0 aromatic rings. The van der Waals surface area contributed by atoms with E-state index in [-0.39, 0.29) is 63.0 Å². The Morgan fingerprint density at radius 1 is 1.70 bits per heavy atom. The van der Waals surface area contributed by atoms with E-state index < -0.39 is 11.4 Å². The Balaban J connectivity index is -0.000000245. The van der Waals surface area contributed by atoms with Crippen LogP contribution in [0.3, 0.4) is 0 Å². The van der Waals surface area contributed by atoms with E-state index in [1.807, 2.05) is 6.92 Å². The zero-order valence-corrected chi connectivity index (χ0v) is 10.3. The van der Waals surface area contributed by atoms with Crippen molar-refractivity contribution in [2.24, 2.45) is 0 Å². The third kappa shape index (κ3) is 12.4. The zero-order valence-electron chi connectivity index (χ0n) is 6.36. The van der Waals surface area contributed by atoms with Crippen LogP contribution in [0.1, 0.15) is 20.3 Å². The van der Waals surface area contributed by atoms with Crippen molar-refractivity contribution in [3.8, 4) is 0 Å². The van der Waals surface area contributed by atoms with Crippen molar-refractivity contribution in [1.82, 2.24) is 0 Å². The normalized spacial score (nSPS) is 14.3. The van der Waals surface area contributed by atoms with Crippen molar-refractivity contribution in [1.29, 1.82) is 0 Å². The van der Waals surface area contributed by atoms with Gasteiger partial charge in [-0.25, -0.2) is 4.21 Å². The summed E-state index contributed by atoms with van der Waals surface area (Å²) in [5, 5.41) is 0. The van der Waals surface area contributed by atoms with Gasteiger partial charge in [0, 0.05) is 0 Å². The topological polar surface area (TPSA) is 79.4 Å². The molecule has 0 aliphatic rings. The van der Waals surface area contributed by atoms with Gasteiger partial charge in [0.1, 0.15) is 0 Å². The second-order valence-electron chi connectivity index (χ2n) is 1.52. The largest absolute Gasteiger partial charge is 1.00 e. The van der Waals surface area contributed by atoms with E-state index in [2.05, 4.69) is 4.18 Å². The van der Waals surface area contributed by atoms with Crippen LogP contribution in [-0.2, 0) is 15.5 Å². The Kier molecular flexibility index (Phi) is 18.8. The predicted octanol–water partition coefficient (Wildman–Crippen LogP) is -2.58. The molecular weight excluding hydrogens is 183 g/mol. The van der Waals surface area contributed by atoms with Crippen LogP contribution in [-0.4, -0.2) is 20.3 Å². The van der Waals surface area contributed by atoms with Crippen LogP contribution in [0.15, 0.2) is 0 Å². The quantitative estimate of drug-likeness (QED) is 0.364. The summed E-state index contributed by atoms with van der Waals surface area (Å²) in [6.07, 6.45) is 0.530. The maximum atomic E-state index is 9.75. The molecule has 2 atom stereocenters. The molecule has 4 nitrogen and oxygen atoms in total. The number of hydrogen-bond acceptors (Lipinski definition) is 4. The molecule has 0 fully saturated rings. The molecule has 0 aromatic carbocycles. The molecule has 0 saturated heterocycles. The first-order valence-electron chi connectivity index (χ1n) is 2.43. The molecule has 0 heterocycles. The SMILES string of the molecule is CCC(C)OS(=O)[O-].[K+].[OH-]. The standard InChI is InChI=1S/C4H10O3S.K.H2O/c1-3-4(2)7-8(5)6;;/h4H,3H2,1-2H3,(H,5,6);;1H2/q;+1;/p-2. The third-order valence-electron chi connectivity index (χ3n) is 0.818. The van der Waals surface area contributed by atoms with Crippen LogP contribution in [0.25, 0.3) is 0 Å². The summed E-state index contributed by atoms with van der Waals surface area (Å²) in [4.78, 5) is 0. The van der Waals surface area contributed by atoms with Crippen molar-refractivity contribution in [2.45, 2.75) is 26.4 Å². The van der Waals surface area contributed by atoms with Gasteiger partial charge < -0.3 is 10.0 Å². The Morgan fingerprint density at radius 2 is 2.10 bits per heavy atom. The van der Waals surface area contributed by atoms with Gasteiger partial charge in [-0.1, -0.05) is 6.92 Å². The maximum Gasteiger partial charge on any atom is 1.00 e. The first-order chi connectivity index (χ1) is 3.66. The molecule has 0 spiro atoms. The Hall–Kier alpha value is 1.67. The van der Waals surface area contributed by atoms with Gasteiger partial charge in [-0.3, -0.25) is 4.18 Å². The van der Waals surface area contributed by atoms with E-state index in [9.17, 15) is 8.76 Å². The minimum absolute atomic E-state index is 0. The molecule has 0 aliphatic carbocycles. The molecular formula is C4H10KO4S-. The summed E-state index contributed by atoms with van der Waals surface area (Å²) in [6.45, 7) is 3.56. The molecule has 6 heteroatoms. The minimum atomic E-state index is -2.35. The first-order valence-corrected chi connectivity index (χ1v) is 3.43. The van der Waals surface area contributed by atoms with E-state index in [0.29, 0.717) is 6.42 Å². The maximum absolute atomic E-state index is 9.75. The fourth-order valence-corrected chi connectivity index (χ4v) is 0.606. The average Bonchev–Trinajstić information content (AvgIpc) is 1.65. The van der Waals surface area contributed by atoms with Gasteiger partial charge in [0.15, 0.2) is 0 Å². The minimum Gasteiger partial charge on any atom is -0.870 e. The van der Waals surface area contributed by atoms with Crippen molar-refractivity contribution < 1.29 is 69.8 Å². The second-order valence-corrected chi connectivity index (χ2v) is 2.12. The summed E-state index contributed by atoms with van der Waals surface area (Å²) < 4.78 is 23.8. The molecule has 0 saturated carbocycles. The van der Waals surface area contributed by atoms with Crippen LogP contribution in [0.2, 0.25) is 0 Å². The van der Waals surface area contributed by atoms with E-state index in [4.69, 9.17) is 0 Å². The van der Waals surface area contributed by atoms with Crippen molar-refractivity contribution in [2.75, 3.05) is 0 Å². The fraction of sp³-hybridized carbons (Fsp3) is 1.00. The van der Waals surface area contributed by atoms with Crippen LogP contribution in [0.5, 0.6) is 0 Å². The van der Waals surface area contributed by atoms with Crippen molar-refractivity contribution in [3.05, 3.63) is 0 Å². The van der Waals surface area contributed by atoms with Gasteiger partial charge >= 0.3 is 51.4 Å². The molecule has 10 heavy (non-hydrogen) atoms. The summed E-state index contributed by atoms with van der Waals surface area (Å²) in [5.74, 6) is 0. The zero-order chi connectivity index (χ0) is 6.57.